The fraction of sp³-hybridized carbons (Fsp3) is 0.389. The van der Waals surface area contributed by atoms with Crippen LogP contribution in [0.1, 0.15) is 40.7 Å². The van der Waals surface area contributed by atoms with Crippen LogP contribution >= 0.6 is 11.8 Å². The lowest BCUT2D eigenvalue weighted by Crippen LogP contribution is -2.14. The van der Waals surface area contributed by atoms with E-state index in [4.69, 9.17) is 9.26 Å². The molecular formula is C18H22N2O4S. The Bertz CT molecular complexity index is 706. The molecule has 25 heavy (non-hydrogen) atoms. The summed E-state index contributed by atoms with van der Waals surface area (Å²) in [4.78, 5) is 23.7. The van der Waals surface area contributed by atoms with Crippen LogP contribution in [0.2, 0.25) is 0 Å². The summed E-state index contributed by atoms with van der Waals surface area (Å²) in [7, 11) is 0. The second-order valence-corrected chi connectivity index (χ2v) is 6.54. The maximum Gasteiger partial charge on any atom is 0.338 e. The lowest BCUT2D eigenvalue weighted by atomic mass is 10.2. The average molecular weight is 362 g/mol. The first-order valence-corrected chi connectivity index (χ1v) is 9.23. The zero-order chi connectivity index (χ0) is 18.2. The normalized spacial score (nSPS) is 10.5. The Kier molecular flexibility index (Phi) is 7.06. The Morgan fingerprint density at radius 1 is 1.24 bits per heavy atom. The first kappa shape index (κ1) is 19.1. The standard InChI is InChI=1S/C18H22N2O4S/c1-4-9-23-18(22)14-5-7-15(8-6-14)19-17(21)11-25-10-16-12(2)20-24-13(16)3/h5-8H,4,9-11H2,1-3H3,(H,19,21). The number of aromatic nitrogens is 1. The molecule has 6 nitrogen and oxygen atoms in total. The third-order valence-electron chi connectivity index (χ3n) is 3.50. The molecule has 7 heteroatoms. The third kappa shape index (κ3) is 5.63. The molecule has 2 aromatic rings. The van der Waals surface area contributed by atoms with E-state index in [1.54, 1.807) is 24.3 Å². The van der Waals surface area contributed by atoms with Gasteiger partial charge in [-0.05, 0) is 44.5 Å². The van der Waals surface area contributed by atoms with Gasteiger partial charge in [0, 0.05) is 17.0 Å². The van der Waals surface area contributed by atoms with Gasteiger partial charge in [-0.2, -0.15) is 0 Å². The number of rotatable bonds is 8. The number of nitrogens with zero attached hydrogens (tertiary/aromatic N) is 1. The molecule has 1 aromatic heterocycles. The van der Waals surface area contributed by atoms with Crippen molar-refractivity contribution in [1.82, 2.24) is 5.16 Å². The smallest absolute Gasteiger partial charge is 0.338 e. The quantitative estimate of drug-likeness (QED) is 0.721. The van der Waals surface area contributed by atoms with Gasteiger partial charge in [0.2, 0.25) is 5.91 Å². The van der Waals surface area contributed by atoms with Crippen molar-refractivity contribution in [2.45, 2.75) is 32.9 Å². The van der Waals surface area contributed by atoms with Crippen molar-refractivity contribution >= 4 is 29.3 Å². The summed E-state index contributed by atoms with van der Waals surface area (Å²) >= 11 is 1.50. The molecule has 0 fully saturated rings. The summed E-state index contributed by atoms with van der Waals surface area (Å²) in [5.41, 5.74) is 3.01. The van der Waals surface area contributed by atoms with Gasteiger partial charge in [0.1, 0.15) is 5.76 Å². The molecule has 0 spiro atoms. The maximum atomic E-state index is 12.0. The Balaban J connectivity index is 1.79. The fourth-order valence-corrected chi connectivity index (χ4v) is 3.09. The molecule has 1 aromatic carbocycles. The Hall–Kier alpha value is -2.28. The van der Waals surface area contributed by atoms with Gasteiger partial charge in [-0.25, -0.2) is 4.79 Å². The van der Waals surface area contributed by atoms with Crippen LogP contribution in [0.4, 0.5) is 5.69 Å². The number of carbonyl (C=O) groups is 2. The molecule has 0 bridgehead atoms. The topological polar surface area (TPSA) is 81.4 Å². The number of hydrogen-bond acceptors (Lipinski definition) is 6. The molecule has 0 aliphatic carbocycles. The van der Waals surface area contributed by atoms with E-state index in [1.165, 1.54) is 11.8 Å². The summed E-state index contributed by atoms with van der Waals surface area (Å²) in [6.45, 7) is 6.10. The molecule has 2 rings (SSSR count). The monoisotopic (exact) mass is 362 g/mol. The van der Waals surface area contributed by atoms with Gasteiger partial charge in [0.15, 0.2) is 0 Å². The first-order chi connectivity index (χ1) is 12.0. The molecule has 0 saturated heterocycles. The molecule has 0 unspecified atom stereocenters. The minimum absolute atomic E-state index is 0.0990. The Morgan fingerprint density at radius 2 is 1.96 bits per heavy atom. The van der Waals surface area contributed by atoms with Crippen LogP contribution in [0.25, 0.3) is 0 Å². The SMILES string of the molecule is CCCOC(=O)c1ccc(NC(=O)CSCc2c(C)noc2C)cc1. The van der Waals surface area contributed by atoms with Crippen LogP contribution < -0.4 is 5.32 Å². The lowest BCUT2D eigenvalue weighted by Gasteiger charge is -2.07. The molecule has 0 atom stereocenters. The second-order valence-electron chi connectivity index (χ2n) is 5.56. The van der Waals surface area contributed by atoms with Gasteiger partial charge >= 0.3 is 5.97 Å². The van der Waals surface area contributed by atoms with Crippen molar-refractivity contribution < 1.29 is 18.8 Å². The number of hydrogen-bond donors (Lipinski definition) is 1. The fourth-order valence-electron chi connectivity index (χ4n) is 2.12. The summed E-state index contributed by atoms with van der Waals surface area (Å²) in [5, 5.41) is 6.71. The molecule has 0 radical (unpaired) electrons. The van der Waals surface area contributed by atoms with Gasteiger partial charge < -0.3 is 14.6 Å². The molecule has 0 aliphatic rings. The van der Waals surface area contributed by atoms with Crippen LogP contribution in [0, 0.1) is 13.8 Å². The number of aryl methyl sites for hydroxylation is 2. The highest BCUT2D eigenvalue weighted by atomic mass is 32.2. The highest BCUT2D eigenvalue weighted by Crippen LogP contribution is 2.19. The van der Waals surface area contributed by atoms with Crippen molar-refractivity contribution in [1.29, 1.82) is 0 Å². The zero-order valence-electron chi connectivity index (χ0n) is 14.6. The van der Waals surface area contributed by atoms with E-state index in [1.807, 2.05) is 20.8 Å². The maximum absolute atomic E-state index is 12.0. The van der Waals surface area contributed by atoms with Crippen molar-refractivity contribution in [3.8, 4) is 0 Å². The number of esters is 1. The van der Waals surface area contributed by atoms with Crippen LogP contribution in [0.3, 0.4) is 0 Å². The van der Waals surface area contributed by atoms with Crippen molar-refractivity contribution in [3.05, 3.63) is 46.8 Å². The highest BCUT2D eigenvalue weighted by molar-refractivity contribution is 7.99. The molecule has 0 aliphatic heterocycles. The van der Waals surface area contributed by atoms with Gasteiger partial charge in [0.05, 0.1) is 23.6 Å². The second kappa shape index (κ2) is 9.27. The van der Waals surface area contributed by atoms with E-state index >= 15 is 0 Å². The van der Waals surface area contributed by atoms with Crippen molar-refractivity contribution in [2.75, 3.05) is 17.7 Å². The third-order valence-corrected chi connectivity index (χ3v) is 4.46. The predicted octanol–water partition coefficient (Wildman–Crippen LogP) is 3.73. The van der Waals surface area contributed by atoms with E-state index in [0.29, 0.717) is 29.4 Å². The van der Waals surface area contributed by atoms with Crippen molar-refractivity contribution in [3.63, 3.8) is 0 Å². The molecule has 1 N–H and O–H groups in total. The van der Waals surface area contributed by atoms with Gasteiger partial charge in [-0.3, -0.25) is 4.79 Å². The van der Waals surface area contributed by atoms with Gasteiger partial charge in [-0.1, -0.05) is 12.1 Å². The minimum Gasteiger partial charge on any atom is -0.462 e. The van der Waals surface area contributed by atoms with E-state index in [2.05, 4.69) is 10.5 Å². The average Bonchev–Trinajstić information content (AvgIpc) is 2.92. The molecule has 1 amide bonds. The zero-order valence-corrected chi connectivity index (χ0v) is 15.4. The summed E-state index contributed by atoms with van der Waals surface area (Å²) < 4.78 is 10.2. The van der Waals surface area contributed by atoms with Crippen molar-refractivity contribution in [2.24, 2.45) is 0 Å². The number of benzene rings is 1. The molecule has 0 saturated carbocycles. The van der Waals surface area contributed by atoms with E-state index < -0.39 is 0 Å². The largest absolute Gasteiger partial charge is 0.462 e. The number of anilines is 1. The van der Waals surface area contributed by atoms with E-state index in [-0.39, 0.29) is 11.9 Å². The lowest BCUT2D eigenvalue weighted by molar-refractivity contribution is -0.113. The number of amides is 1. The number of thioether (sulfide) groups is 1. The summed E-state index contributed by atoms with van der Waals surface area (Å²) in [6.07, 6.45) is 0.783. The molecule has 134 valence electrons. The predicted molar refractivity (Wildman–Crippen MR) is 97.8 cm³/mol. The van der Waals surface area contributed by atoms with Gasteiger partial charge in [0.25, 0.3) is 0 Å². The van der Waals surface area contributed by atoms with E-state index in [0.717, 1.165) is 23.4 Å². The van der Waals surface area contributed by atoms with Crippen LogP contribution in [0.15, 0.2) is 28.8 Å². The van der Waals surface area contributed by atoms with Crippen LogP contribution in [-0.2, 0) is 15.3 Å². The minimum atomic E-state index is -0.352. The highest BCUT2D eigenvalue weighted by Gasteiger charge is 2.11. The van der Waals surface area contributed by atoms with E-state index in [9.17, 15) is 9.59 Å². The number of nitrogens with one attached hydrogen (secondary N) is 1. The Labute approximate surface area is 151 Å². The Morgan fingerprint density at radius 3 is 2.56 bits per heavy atom. The summed E-state index contributed by atoms with van der Waals surface area (Å²) in [6, 6.07) is 6.67. The number of ether oxygens (including phenoxy) is 1. The first-order valence-electron chi connectivity index (χ1n) is 8.07. The summed E-state index contributed by atoms with van der Waals surface area (Å²) in [5.74, 6) is 1.34. The molecular weight excluding hydrogens is 340 g/mol. The van der Waals surface area contributed by atoms with Crippen LogP contribution in [-0.4, -0.2) is 29.4 Å². The number of carbonyl (C=O) groups excluding carboxylic acids is 2. The van der Waals surface area contributed by atoms with Crippen LogP contribution in [0.5, 0.6) is 0 Å². The van der Waals surface area contributed by atoms with Gasteiger partial charge in [-0.15, -0.1) is 11.8 Å². The molecule has 1 heterocycles.